The first-order chi connectivity index (χ1) is 18.5. The number of carbonyl (C=O) groups excluding carboxylic acids is 1. The third-order valence-corrected chi connectivity index (χ3v) is 9.88. The maximum absolute atomic E-state index is 13.6. The van der Waals surface area contributed by atoms with Gasteiger partial charge in [0.2, 0.25) is 5.91 Å². The summed E-state index contributed by atoms with van der Waals surface area (Å²) in [6.45, 7) is 5.81. The molecule has 5 unspecified atom stereocenters. The van der Waals surface area contributed by atoms with Crippen molar-refractivity contribution in [2.45, 2.75) is 30.9 Å². The van der Waals surface area contributed by atoms with Crippen molar-refractivity contribution >= 4 is 29.6 Å². The van der Waals surface area contributed by atoms with Crippen LogP contribution < -0.4 is 5.32 Å². The molecule has 0 radical (unpaired) electrons. The highest BCUT2D eigenvalue weighted by Gasteiger charge is 2.47. The Hall–Kier alpha value is -2.87. The molecule has 1 amide bonds. The Kier molecular flexibility index (Phi) is 7.16. The second kappa shape index (κ2) is 10.7. The van der Waals surface area contributed by atoms with Crippen molar-refractivity contribution in [3.8, 4) is 0 Å². The van der Waals surface area contributed by atoms with Crippen molar-refractivity contribution in [1.29, 1.82) is 0 Å². The molecule has 2 aromatic rings. The Morgan fingerprint density at radius 1 is 1.03 bits per heavy atom. The van der Waals surface area contributed by atoms with Crippen LogP contribution in [0.4, 0.5) is 5.69 Å². The summed E-state index contributed by atoms with van der Waals surface area (Å²) in [6.07, 6.45) is 7.35. The van der Waals surface area contributed by atoms with Crippen molar-refractivity contribution in [1.82, 2.24) is 14.7 Å². The number of thioether (sulfide) groups is 1. The highest BCUT2D eigenvalue weighted by Crippen LogP contribution is 2.50. The minimum absolute atomic E-state index is 0.0415. The summed E-state index contributed by atoms with van der Waals surface area (Å²) in [5.41, 5.74) is 5.05. The quantitative estimate of drug-likeness (QED) is 0.628. The lowest BCUT2D eigenvalue weighted by atomic mass is 9.80. The van der Waals surface area contributed by atoms with Crippen LogP contribution in [0.5, 0.6) is 0 Å². The van der Waals surface area contributed by atoms with Crippen LogP contribution in [0.1, 0.15) is 18.1 Å². The highest BCUT2D eigenvalue weighted by atomic mass is 32.2. The van der Waals surface area contributed by atoms with Gasteiger partial charge in [-0.3, -0.25) is 14.7 Å². The first-order valence-electron chi connectivity index (χ1n) is 13.7. The van der Waals surface area contributed by atoms with Gasteiger partial charge in [0.15, 0.2) is 6.29 Å². The molecule has 2 aromatic carbocycles. The number of carbonyl (C=O) groups is 1. The second-order valence-electron chi connectivity index (χ2n) is 11.0. The molecule has 3 heterocycles. The molecule has 6 rings (SSSR count). The Balaban J connectivity index is 1.17. The monoisotopic (exact) mass is 527 g/mol. The molecule has 3 aliphatic heterocycles. The maximum atomic E-state index is 13.6. The number of hydrogen-bond donors (Lipinski definition) is 1. The van der Waals surface area contributed by atoms with E-state index in [-0.39, 0.29) is 29.4 Å². The van der Waals surface area contributed by atoms with Crippen molar-refractivity contribution in [2.24, 2.45) is 16.8 Å². The topological polar surface area (TPSA) is 51.2 Å². The van der Waals surface area contributed by atoms with Gasteiger partial charge in [0.25, 0.3) is 0 Å². The molecule has 0 spiro atoms. The van der Waals surface area contributed by atoms with Crippen LogP contribution in [0.3, 0.4) is 0 Å². The summed E-state index contributed by atoms with van der Waals surface area (Å²) in [5, 5.41) is 3.63. The number of likely N-dealkylation sites (N-methyl/N-ethyl adjacent to an activating group) is 2. The number of fused-ring (bicyclic) bond motifs is 2. The zero-order chi connectivity index (χ0) is 26.2. The molecule has 7 heteroatoms. The van der Waals surface area contributed by atoms with Crippen molar-refractivity contribution in [3.63, 3.8) is 0 Å². The molecule has 38 heavy (non-hydrogen) atoms. The number of aliphatic imine (C=N–C) groups is 1. The van der Waals surface area contributed by atoms with Gasteiger partial charge in [-0.05, 0) is 49.3 Å². The highest BCUT2D eigenvalue weighted by molar-refractivity contribution is 8.04. The summed E-state index contributed by atoms with van der Waals surface area (Å²) in [4.78, 5) is 26.5. The van der Waals surface area contributed by atoms with E-state index in [9.17, 15) is 4.79 Å². The number of hydrogen-bond acceptors (Lipinski definition) is 6. The summed E-state index contributed by atoms with van der Waals surface area (Å²) in [7, 11) is 4.29. The summed E-state index contributed by atoms with van der Waals surface area (Å²) < 4.78 is 0. The SMILES string of the molecule is CC1C2=C(C=CC3C=NC(Nc4cccc(Cc5ccccc5)c4)N(C)C23)SC1C(=O)N1CCN(C)CC1. The smallest absolute Gasteiger partial charge is 0.236 e. The second-order valence-corrected chi connectivity index (χ2v) is 12.2. The maximum Gasteiger partial charge on any atom is 0.236 e. The van der Waals surface area contributed by atoms with E-state index in [1.165, 1.54) is 21.6 Å². The number of nitrogens with one attached hydrogen (secondary N) is 1. The Morgan fingerprint density at radius 2 is 1.79 bits per heavy atom. The molecular weight excluding hydrogens is 490 g/mol. The van der Waals surface area contributed by atoms with E-state index in [1.54, 1.807) is 11.8 Å². The lowest BCUT2D eigenvalue weighted by Gasteiger charge is -2.43. The number of rotatable bonds is 5. The number of allylic oxidation sites excluding steroid dienone is 1. The van der Waals surface area contributed by atoms with E-state index < -0.39 is 0 Å². The van der Waals surface area contributed by atoms with Crippen LogP contribution in [0.15, 0.2) is 82.2 Å². The van der Waals surface area contributed by atoms with Gasteiger partial charge in [0.05, 0.1) is 5.25 Å². The molecule has 1 N–H and O–H groups in total. The first-order valence-corrected chi connectivity index (χ1v) is 14.6. The summed E-state index contributed by atoms with van der Waals surface area (Å²) in [5.74, 6) is 0.720. The number of nitrogens with zero attached hydrogens (tertiary/aromatic N) is 4. The largest absolute Gasteiger partial charge is 0.351 e. The fraction of sp³-hybridized carbons (Fsp3) is 0.419. The number of piperazine rings is 1. The van der Waals surface area contributed by atoms with Crippen LogP contribution in [0.25, 0.3) is 0 Å². The van der Waals surface area contributed by atoms with Crippen molar-refractivity contribution < 1.29 is 4.79 Å². The third kappa shape index (κ3) is 4.95. The number of amides is 1. The molecule has 6 nitrogen and oxygen atoms in total. The molecule has 0 bridgehead atoms. The fourth-order valence-electron chi connectivity index (χ4n) is 6.18. The molecule has 5 atom stereocenters. The van der Waals surface area contributed by atoms with Gasteiger partial charge < -0.3 is 15.1 Å². The molecule has 198 valence electrons. The minimum atomic E-state index is -0.159. The van der Waals surface area contributed by atoms with E-state index >= 15 is 0 Å². The van der Waals surface area contributed by atoms with Gasteiger partial charge >= 0.3 is 0 Å². The van der Waals surface area contributed by atoms with Crippen LogP contribution in [-0.4, -0.2) is 84.7 Å². The van der Waals surface area contributed by atoms with Gasteiger partial charge in [-0.25, -0.2) is 0 Å². The van der Waals surface area contributed by atoms with Gasteiger partial charge in [0, 0.05) is 60.9 Å². The molecule has 4 aliphatic rings. The molecular formula is C31H37N5OS. The van der Waals surface area contributed by atoms with Crippen molar-refractivity contribution in [2.75, 3.05) is 45.6 Å². The van der Waals surface area contributed by atoms with Gasteiger partial charge in [-0.15, -0.1) is 11.8 Å². The predicted octanol–water partition coefficient (Wildman–Crippen LogP) is 4.32. The number of anilines is 1. The average molecular weight is 528 g/mol. The van der Waals surface area contributed by atoms with E-state index in [1.807, 2.05) is 0 Å². The van der Waals surface area contributed by atoms with E-state index in [2.05, 4.69) is 114 Å². The van der Waals surface area contributed by atoms with Gasteiger partial charge in [-0.2, -0.15) is 0 Å². The molecule has 1 saturated heterocycles. The standard InChI is InChI=1S/C31H37N5OS/c1-21-27-26(38-29(21)30(37)36-16-14-34(2)15-17-36)13-12-24-20-32-31(35(3)28(24)27)33-25-11-7-10-23(19-25)18-22-8-5-4-6-9-22/h4-13,19-21,24,28-29,31,33H,14-18H2,1-3H3. The van der Waals surface area contributed by atoms with Crippen LogP contribution >= 0.6 is 11.8 Å². The number of benzene rings is 2. The van der Waals surface area contributed by atoms with Crippen molar-refractivity contribution in [3.05, 3.63) is 88.4 Å². The van der Waals surface area contributed by atoms with E-state index in [0.717, 1.165) is 38.3 Å². The zero-order valence-corrected chi connectivity index (χ0v) is 23.3. The van der Waals surface area contributed by atoms with Gasteiger partial charge in [-0.1, -0.05) is 61.5 Å². The molecule has 1 aliphatic carbocycles. The van der Waals surface area contributed by atoms with E-state index in [0.29, 0.717) is 5.91 Å². The Labute approximate surface area is 230 Å². The Morgan fingerprint density at radius 3 is 2.58 bits per heavy atom. The zero-order valence-electron chi connectivity index (χ0n) is 22.5. The molecule has 1 fully saturated rings. The lowest BCUT2D eigenvalue weighted by molar-refractivity contribution is -0.132. The van der Waals surface area contributed by atoms with E-state index in [4.69, 9.17) is 4.99 Å². The average Bonchev–Trinajstić information content (AvgIpc) is 3.27. The molecule has 0 saturated carbocycles. The molecule has 0 aromatic heterocycles. The minimum Gasteiger partial charge on any atom is -0.351 e. The lowest BCUT2D eigenvalue weighted by Crippen LogP contribution is -2.53. The van der Waals surface area contributed by atoms with Crippen LogP contribution in [0, 0.1) is 11.8 Å². The van der Waals surface area contributed by atoms with Crippen LogP contribution in [0.2, 0.25) is 0 Å². The first kappa shape index (κ1) is 25.4. The predicted molar refractivity (Wildman–Crippen MR) is 157 cm³/mol. The fourth-order valence-corrected chi connectivity index (χ4v) is 7.65. The summed E-state index contributed by atoms with van der Waals surface area (Å²) >= 11 is 1.77. The normalized spacial score (nSPS) is 29.3. The van der Waals surface area contributed by atoms with Crippen LogP contribution in [-0.2, 0) is 11.2 Å². The third-order valence-electron chi connectivity index (χ3n) is 8.39. The van der Waals surface area contributed by atoms with Gasteiger partial charge in [0.1, 0.15) is 0 Å². The Bertz CT molecular complexity index is 1270. The summed E-state index contributed by atoms with van der Waals surface area (Å²) in [6, 6.07) is 19.4.